The van der Waals surface area contributed by atoms with E-state index in [2.05, 4.69) is 0 Å². The van der Waals surface area contributed by atoms with Gasteiger partial charge in [0.05, 0.1) is 6.08 Å². The second kappa shape index (κ2) is 6.60. The third-order valence-electron chi connectivity index (χ3n) is 1.83. The van der Waals surface area contributed by atoms with Crippen molar-refractivity contribution in [1.82, 2.24) is 0 Å². The maximum atomic E-state index is 11.8. The number of carboxylic acid groups (broad SMARTS) is 1. The molecule has 1 rings (SSSR count). The first-order chi connectivity index (χ1) is 9.28. The summed E-state index contributed by atoms with van der Waals surface area (Å²) in [7, 11) is 0. The first kappa shape index (κ1) is 15.6. The minimum absolute atomic E-state index is 0.326. The Hall–Kier alpha value is -2.50. The van der Waals surface area contributed by atoms with Crippen LogP contribution in [0.1, 0.15) is 20.8 Å². The van der Waals surface area contributed by atoms with E-state index >= 15 is 0 Å². The molecule has 0 aliphatic rings. The predicted molar refractivity (Wildman–Crippen MR) is 69.7 cm³/mol. The van der Waals surface area contributed by atoms with E-state index in [-0.39, 0.29) is 0 Å². The number of ether oxygens (including phenoxy) is 1. The summed E-state index contributed by atoms with van der Waals surface area (Å²) in [6.45, 7) is 4.96. The molecular formula is C14H16O6. The van der Waals surface area contributed by atoms with Crippen molar-refractivity contribution in [3.05, 3.63) is 42.2 Å². The van der Waals surface area contributed by atoms with Gasteiger partial charge in [0.15, 0.2) is 5.75 Å². The molecule has 0 spiro atoms. The monoisotopic (exact) mass is 280 g/mol. The minimum Gasteiger partial charge on any atom is -0.478 e. The maximum Gasteiger partial charge on any atom is 0.379 e. The van der Waals surface area contributed by atoms with E-state index in [4.69, 9.17) is 19.6 Å². The lowest BCUT2D eigenvalue weighted by Gasteiger charge is -2.19. The summed E-state index contributed by atoms with van der Waals surface area (Å²) in [6, 6.07) is 8.36. The molecule has 1 aromatic rings. The molecule has 6 heteroatoms. The molecule has 1 aromatic carbocycles. The molecule has 0 bridgehead atoms. The Morgan fingerprint density at radius 2 is 1.75 bits per heavy atom. The summed E-state index contributed by atoms with van der Waals surface area (Å²) in [5.74, 6) is -2.48. The number of para-hydroxylation sites is 1. The van der Waals surface area contributed by atoms with Gasteiger partial charge in [0.1, 0.15) is 5.60 Å². The largest absolute Gasteiger partial charge is 0.478 e. The van der Waals surface area contributed by atoms with Crippen LogP contribution in [0.25, 0.3) is 0 Å². The van der Waals surface area contributed by atoms with Gasteiger partial charge in [-0.05, 0) is 32.9 Å². The van der Waals surface area contributed by atoms with Crippen LogP contribution >= 0.6 is 0 Å². The van der Waals surface area contributed by atoms with E-state index in [0.29, 0.717) is 11.8 Å². The average Bonchev–Trinajstić information content (AvgIpc) is 2.33. The van der Waals surface area contributed by atoms with Crippen LogP contribution in [0.15, 0.2) is 42.2 Å². The Labute approximate surface area is 116 Å². The van der Waals surface area contributed by atoms with Crippen molar-refractivity contribution in [3.8, 4) is 5.75 Å². The van der Waals surface area contributed by atoms with Gasteiger partial charge in [-0.1, -0.05) is 18.2 Å². The molecule has 20 heavy (non-hydrogen) atoms. The molecule has 0 atom stereocenters. The fourth-order valence-corrected chi connectivity index (χ4v) is 1.13. The van der Waals surface area contributed by atoms with Gasteiger partial charge >= 0.3 is 11.9 Å². The highest BCUT2D eigenvalue weighted by Crippen LogP contribution is 2.15. The van der Waals surface area contributed by atoms with Crippen LogP contribution in [0.2, 0.25) is 0 Å². The molecule has 0 aliphatic heterocycles. The van der Waals surface area contributed by atoms with E-state index < -0.39 is 23.3 Å². The summed E-state index contributed by atoms with van der Waals surface area (Å²) < 4.78 is 5.01. The normalized spacial score (nSPS) is 11.7. The number of carbonyl (C=O) groups excluding carboxylic acids is 1. The summed E-state index contributed by atoms with van der Waals surface area (Å²) in [6.07, 6.45) is 0.580. The molecule has 0 saturated heterocycles. The van der Waals surface area contributed by atoms with Crippen molar-refractivity contribution in [3.63, 3.8) is 0 Å². The van der Waals surface area contributed by atoms with Crippen molar-refractivity contribution >= 4 is 11.9 Å². The lowest BCUT2D eigenvalue weighted by atomic mass is 10.2. The van der Waals surface area contributed by atoms with E-state index in [1.54, 1.807) is 51.1 Å². The Balaban J connectivity index is 2.76. The Kier molecular flexibility index (Phi) is 5.14. The molecule has 0 unspecified atom stereocenters. The number of hydrogen-bond donors (Lipinski definition) is 1. The zero-order valence-corrected chi connectivity index (χ0v) is 11.5. The van der Waals surface area contributed by atoms with Gasteiger partial charge in [0.2, 0.25) is 0 Å². The van der Waals surface area contributed by atoms with E-state index in [1.165, 1.54) is 0 Å². The van der Waals surface area contributed by atoms with Crippen LogP contribution in [0, 0.1) is 0 Å². The van der Waals surface area contributed by atoms with Crippen LogP contribution in [-0.2, 0) is 19.2 Å². The highest BCUT2D eigenvalue weighted by molar-refractivity contribution is 5.94. The number of hydrogen-bond acceptors (Lipinski definition) is 5. The number of aliphatic carboxylic acids is 1. The molecule has 0 aliphatic carbocycles. The number of benzene rings is 1. The van der Waals surface area contributed by atoms with Crippen LogP contribution in [0.4, 0.5) is 0 Å². The fraction of sp³-hybridized carbons (Fsp3) is 0.286. The molecule has 0 amide bonds. The Bertz CT molecular complexity index is 498. The molecule has 1 N–H and O–H groups in total. The fourth-order valence-electron chi connectivity index (χ4n) is 1.13. The molecular weight excluding hydrogens is 264 g/mol. The van der Waals surface area contributed by atoms with Crippen molar-refractivity contribution in [2.75, 3.05) is 0 Å². The first-order valence-corrected chi connectivity index (χ1v) is 5.85. The molecule has 0 saturated carbocycles. The van der Waals surface area contributed by atoms with Crippen LogP contribution in [-0.4, -0.2) is 22.6 Å². The highest BCUT2D eigenvalue weighted by atomic mass is 17.2. The predicted octanol–water partition coefficient (Wildman–Crippen LogP) is 2.31. The lowest BCUT2D eigenvalue weighted by Crippen LogP contribution is -2.26. The summed E-state index contributed by atoms with van der Waals surface area (Å²) in [4.78, 5) is 32.1. The van der Waals surface area contributed by atoms with Crippen molar-refractivity contribution in [2.24, 2.45) is 0 Å². The van der Waals surface area contributed by atoms with E-state index in [9.17, 15) is 9.59 Å². The van der Waals surface area contributed by atoms with Crippen molar-refractivity contribution in [2.45, 2.75) is 26.4 Å². The Morgan fingerprint density at radius 3 is 2.25 bits per heavy atom. The third-order valence-corrected chi connectivity index (χ3v) is 1.83. The Morgan fingerprint density at radius 1 is 1.15 bits per heavy atom. The number of rotatable bonds is 5. The molecule has 0 aromatic heterocycles. The van der Waals surface area contributed by atoms with Crippen LogP contribution < -0.4 is 4.89 Å². The molecule has 108 valence electrons. The van der Waals surface area contributed by atoms with Gasteiger partial charge in [0.25, 0.3) is 5.76 Å². The highest BCUT2D eigenvalue weighted by Gasteiger charge is 2.23. The second-order valence-corrected chi connectivity index (χ2v) is 4.83. The zero-order chi connectivity index (χ0) is 15.2. The van der Waals surface area contributed by atoms with E-state index in [0.717, 1.165) is 0 Å². The van der Waals surface area contributed by atoms with Gasteiger partial charge in [0, 0.05) is 0 Å². The minimum atomic E-state index is -1.34. The van der Waals surface area contributed by atoms with Crippen LogP contribution in [0.5, 0.6) is 5.75 Å². The summed E-state index contributed by atoms with van der Waals surface area (Å²) in [5.41, 5.74) is -0.773. The first-order valence-electron chi connectivity index (χ1n) is 5.85. The third kappa shape index (κ3) is 5.90. The smallest absolute Gasteiger partial charge is 0.379 e. The topological polar surface area (TPSA) is 82.1 Å². The average molecular weight is 280 g/mol. The quantitative estimate of drug-likeness (QED) is 0.293. The van der Waals surface area contributed by atoms with Crippen LogP contribution in [0.3, 0.4) is 0 Å². The summed E-state index contributed by atoms with van der Waals surface area (Å²) >= 11 is 0. The number of carboxylic acids is 1. The zero-order valence-electron chi connectivity index (χ0n) is 11.5. The van der Waals surface area contributed by atoms with Gasteiger partial charge in [-0.3, -0.25) is 9.78 Å². The molecule has 0 fully saturated rings. The molecule has 6 nitrogen and oxygen atoms in total. The van der Waals surface area contributed by atoms with Gasteiger partial charge in [-0.25, -0.2) is 9.59 Å². The van der Waals surface area contributed by atoms with Crippen molar-refractivity contribution < 1.29 is 29.2 Å². The van der Waals surface area contributed by atoms with Gasteiger partial charge in [-0.15, -0.1) is 0 Å². The number of esters is 1. The number of carbonyl (C=O) groups is 2. The van der Waals surface area contributed by atoms with E-state index in [1.807, 2.05) is 0 Å². The van der Waals surface area contributed by atoms with Crippen molar-refractivity contribution in [1.29, 1.82) is 0 Å². The van der Waals surface area contributed by atoms with Gasteiger partial charge < -0.3 is 9.84 Å². The summed E-state index contributed by atoms with van der Waals surface area (Å²) in [5, 5.41) is 8.71. The standard InChI is InChI=1S/C14H16O6/c1-14(2,3)18-13(17)11(9-12(15)16)20-19-10-7-5-4-6-8-10/h4-9H,1-3H3,(H,15,16). The SMILES string of the molecule is CC(C)(C)OC(=O)C(=CC(=O)O)OOc1ccccc1. The maximum absolute atomic E-state index is 11.8. The molecule has 0 radical (unpaired) electrons. The second-order valence-electron chi connectivity index (χ2n) is 4.83. The van der Waals surface area contributed by atoms with Gasteiger partial charge in [-0.2, -0.15) is 0 Å². The lowest BCUT2D eigenvalue weighted by molar-refractivity contribution is -0.191. The molecule has 0 heterocycles.